The van der Waals surface area contributed by atoms with Gasteiger partial charge in [0, 0.05) is 48.4 Å². The molecule has 1 aromatic carbocycles. The minimum absolute atomic E-state index is 0.0648. The maximum absolute atomic E-state index is 12.9. The van der Waals surface area contributed by atoms with Crippen LogP contribution in [0.1, 0.15) is 57.1 Å². The molecule has 8 nitrogen and oxygen atoms in total. The standard InChI is InChI=1S/C30H35F3N6O2/c31-30(32,33)27-13-12-23(16-34-27)39-14-4-7-22(18-39)36-24-8-1-2-9-25(24)38-29-35-17-26(41-29)20-5-3-6-21(15-20)37-28(40)19-10-11-19/h3,5-6,12-13,15-17,19,22,24-25,36H,1-2,4,7-11,14,18H2,(H,35,38)(H,37,40)/t22-,24+,25+/m0/s1. The minimum atomic E-state index is -4.44. The van der Waals surface area contributed by atoms with Crippen LogP contribution in [0.3, 0.4) is 0 Å². The maximum Gasteiger partial charge on any atom is 0.433 e. The molecule has 6 rings (SSSR count). The zero-order valence-electron chi connectivity index (χ0n) is 22.8. The Morgan fingerprint density at radius 2 is 1.78 bits per heavy atom. The predicted octanol–water partition coefficient (Wildman–Crippen LogP) is 6.09. The second kappa shape index (κ2) is 11.7. The summed E-state index contributed by atoms with van der Waals surface area (Å²) in [6.45, 7) is 1.51. The summed E-state index contributed by atoms with van der Waals surface area (Å²) in [4.78, 5) is 22.4. The number of nitrogens with one attached hydrogen (secondary N) is 3. The van der Waals surface area contributed by atoms with Crippen molar-refractivity contribution >= 4 is 23.3 Å². The van der Waals surface area contributed by atoms with Crippen LogP contribution in [0.2, 0.25) is 0 Å². The Hall–Kier alpha value is -3.60. The summed E-state index contributed by atoms with van der Waals surface area (Å²) in [5.41, 5.74) is 1.44. The van der Waals surface area contributed by atoms with Crippen LogP contribution in [0.4, 0.5) is 30.6 Å². The number of halogens is 3. The molecule has 11 heteroatoms. The molecular formula is C30H35F3N6O2. The van der Waals surface area contributed by atoms with Gasteiger partial charge < -0.3 is 25.3 Å². The summed E-state index contributed by atoms with van der Waals surface area (Å²) in [6, 6.07) is 11.2. The van der Waals surface area contributed by atoms with E-state index < -0.39 is 11.9 Å². The summed E-state index contributed by atoms with van der Waals surface area (Å²) in [7, 11) is 0. The molecule has 41 heavy (non-hydrogen) atoms. The number of carbonyl (C=O) groups excluding carboxylic acids is 1. The lowest BCUT2D eigenvalue weighted by molar-refractivity contribution is -0.141. The number of nitrogens with zero attached hydrogens (tertiary/aromatic N) is 3. The van der Waals surface area contributed by atoms with Crippen LogP contribution in [0.25, 0.3) is 11.3 Å². The smallest absolute Gasteiger partial charge is 0.424 e. The molecular weight excluding hydrogens is 533 g/mol. The number of oxazole rings is 1. The van der Waals surface area contributed by atoms with Crippen LogP contribution < -0.4 is 20.9 Å². The Bertz CT molecular complexity index is 1340. The fourth-order valence-electron chi connectivity index (χ4n) is 5.87. The summed E-state index contributed by atoms with van der Waals surface area (Å²) in [5.74, 6) is 0.828. The zero-order chi connectivity index (χ0) is 28.4. The Kier molecular flexibility index (Phi) is 7.88. The average molecular weight is 569 g/mol. The van der Waals surface area contributed by atoms with Gasteiger partial charge in [0.1, 0.15) is 5.69 Å². The van der Waals surface area contributed by atoms with Crippen LogP contribution in [-0.2, 0) is 11.0 Å². The average Bonchev–Trinajstić information content (AvgIpc) is 3.73. The van der Waals surface area contributed by atoms with Gasteiger partial charge in [-0.3, -0.25) is 4.79 Å². The first kappa shape index (κ1) is 27.6. The summed E-state index contributed by atoms with van der Waals surface area (Å²) in [6.07, 6.45) is 6.70. The molecule has 2 aromatic heterocycles. The Morgan fingerprint density at radius 1 is 0.951 bits per heavy atom. The number of anilines is 3. The van der Waals surface area contributed by atoms with Gasteiger partial charge in [0.05, 0.1) is 18.1 Å². The third kappa shape index (κ3) is 6.83. The highest BCUT2D eigenvalue weighted by molar-refractivity contribution is 5.94. The van der Waals surface area contributed by atoms with Crippen LogP contribution in [0.5, 0.6) is 0 Å². The van der Waals surface area contributed by atoms with Crippen molar-refractivity contribution in [2.24, 2.45) is 5.92 Å². The van der Waals surface area contributed by atoms with Gasteiger partial charge in [0.25, 0.3) is 6.01 Å². The fourth-order valence-corrected chi connectivity index (χ4v) is 5.87. The largest absolute Gasteiger partial charge is 0.433 e. The number of hydrogen-bond acceptors (Lipinski definition) is 7. The van der Waals surface area contributed by atoms with Crippen LogP contribution in [0.15, 0.2) is 53.2 Å². The molecule has 1 amide bonds. The van der Waals surface area contributed by atoms with Gasteiger partial charge >= 0.3 is 6.18 Å². The molecule has 0 bridgehead atoms. The normalized spacial score (nSPS) is 23.3. The molecule has 0 radical (unpaired) electrons. The van der Waals surface area contributed by atoms with Gasteiger partial charge in [-0.25, -0.2) is 9.97 Å². The Labute approximate surface area is 237 Å². The van der Waals surface area contributed by atoms with Crippen LogP contribution in [0, 0.1) is 5.92 Å². The van der Waals surface area contributed by atoms with E-state index in [1.54, 1.807) is 6.20 Å². The number of piperidine rings is 1. The third-order valence-corrected chi connectivity index (χ3v) is 8.22. The van der Waals surface area contributed by atoms with Gasteiger partial charge in [0.2, 0.25) is 5.91 Å². The van der Waals surface area contributed by atoms with Crippen LogP contribution in [-0.4, -0.2) is 47.1 Å². The molecule has 3 aliphatic rings. The lowest BCUT2D eigenvalue weighted by Gasteiger charge is -2.40. The fraction of sp³-hybridized carbons (Fsp3) is 0.500. The van der Waals surface area contributed by atoms with E-state index in [-0.39, 0.29) is 30.0 Å². The second-order valence-electron chi connectivity index (χ2n) is 11.4. The molecule has 2 aliphatic carbocycles. The molecule has 3 N–H and O–H groups in total. The number of rotatable bonds is 8. The van der Waals surface area contributed by atoms with Gasteiger partial charge in [-0.05, 0) is 62.8 Å². The van der Waals surface area contributed by atoms with E-state index in [1.165, 1.54) is 12.3 Å². The second-order valence-corrected chi connectivity index (χ2v) is 11.4. The van der Waals surface area contributed by atoms with Crippen molar-refractivity contribution in [3.05, 3.63) is 54.5 Å². The van der Waals surface area contributed by atoms with E-state index in [0.717, 1.165) is 75.2 Å². The van der Waals surface area contributed by atoms with Gasteiger partial charge in [-0.1, -0.05) is 25.0 Å². The zero-order valence-corrected chi connectivity index (χ0v) is 22.8. The van der Waals surface area contributed by atoms with E-state index >= 15 is 0 Å². The highest BCUT2D eigenvalue weighted by atomic mass is 19.4. The quantitative estimate of drug-likeness (QED) is 0.303. The Morgan fingerprint density at radius 3 is 2.54 bits per heavy atom. The molecule has 3 heterocycles. The number of benzene rings is 1. The maximum atomic E-state index is 12.9. The molecule has 1 aliphatic heterocycles. The molecule has 3 atom stereocenters. The molecule has 218 valence electrons. The Balaban J connectivity index is 1.07. The van der Waals surface area contributed by atoms with Crippen molar-refractivity contribution in [2.45, 2.75) is 75.7 Å². The number of hydrogen-bond donors (Lipinski definition) is 3. The highest BCUT2D eigenvalue weighted by Gasteiger charge is 2.33. The number of amides is 1. The van der Waals surface area contributed by atoms with E-state index in [9.17, 15) is 18.0 Å². The first-order valence-electron chi connectivity index (χ1n) is 14.5. The topological polar surface area (TPSA) is 95.3 Å². The first-order valence-corrected chi connectivity index (χ1v) is 14.5. The molecule has 0 spiro atoms. The van der Waals surface area contributed by atoms with Crippen molar-refractivity contribution in [1.82, 2.24) is 15.3 Å². The number of carbonyl (C=O) groups is 1. The van der Waals surface area contributed by atoms with Crippen molar-refractivity contribution in [3.8, 4) is 11.3 Å². The van der Waals surface area contributed by atoms with Crippen molar-refractivity contribution < 1.29 is 22.4 Å². The van der Waals surface area contributed by atoms with Crippen molar-refractivity contribution in [3.63, 3.8) is 0 Å². The molecule has 0 unspecified atom stereocenters. The lowest BCUT2D eigenvalue weighted by atomic mass is 9.89. The van der Waals surface area contributed by atoms with E-state index in [4.69, 9.17) is 4.42 Å². The van der Waals surface area contributed by atoms with E-state index in [1.807, 2.05) is 24.3 Å². The molecule has 2 saturated carbocycles. The predicted molar refractivity (Wildman–Crippen MR) is 151 cm³/mol. The number of pyridine rings is 1. The van der Waals surface area contributed by atoms with Crippen LogP contribution >= 0.6 is 0 Å². The van der Waals surface area contributed by atoms with E-state index in [0.29, 0.717) is 24.0 Å². The summed E-state index contributed by atoms with van der Waals surface area (Å²) >= 11 is 0. The van der Waals surface area contributed by atoms with Gasteiger partial charge in [-0.2, -0.15) is 13.2 Å². The monoisotopic (exact) mass is 568 g/mol. The summed E-state index contributed by atoms with van der Waals surface area (Å²) < 4.78 is 44.9. The SMILES string of the molecule is O=C(Nc1cccc(-c2cnc(N[C@@H]3CCCC[C@H]3N[C@H]3CCCN(c4ccc(C(F)(F)F)nc4)C3)o2)c1)C1CC1. The van der Waals surface area contributed by atoms with Gasteiger partial charge in [-0.15, -0.1) is 0 Å². The molecule has 3 fully saturated rings. The summed E-state index contributed by atoms with van der Waals surface area (Å²) in [5, 5.41) is 10.3. The number of alkyl halides is 3. The minimum Gasteiger partial charge on any atom is -0.424 e. The van der Waals surface area contributed by atoms with Crippen molar-refractivity contribution in [1.29, 1.82) is 0 Å². The van der Waals surface area contributed by atoms with Gasteiger partial charge in [0.15, 0.2) is 5.76 Å². The number of aromatic nitrogens is 2. The van der Waals surface area contributed by atoms with E-state index in [2.05, 4.69) is 30.8 Å². The third-order valence-electron chi connectivity index (χ3n) is 8.22. The lowest BCUT2D eigenvalue weighted by Crippen LogP contribution is -2.54. The highest BCUT2D eigenvalue weighted by Crippen LogP contribution is 2.32. The molecule has 3 aromatic rings. The van der Waals surface area contributed by atoms with Crippen molar-refractivity contribution in [2.75, 3.05) is 28.6 Å². The molecule has 1 saturated heterocycles. The first-order chi connectivity index (χ1) is 19.8.